The summed E-state index contributed by atoms with van der Waals surface area (Å²) in [5.74, 6) is 0.939. The Labute approximate surface area is 144 Å². The van der Waals surface area contributed by atoms with E-state index in [4.69, 9.17) is 9.47 Å². The molecule has 2 aliphatic rings. The number of ether oxygens (including phenoxy) is 2. The van der Waals surface area contributed by atoms with E-state index in [1.165, 1.54) is 0 Å². The minimum absolute atomic E-state index is 0.0788. The number of morpholine rings is 1. The lowest BCUT2D eigenvalue weighted by atomic mass is 9.90. The van der Waals surface area contributed by atoms with Crippen LogP contribution >= 0.6 is 0 Å². The Balaban J connectivity index is 1.70. The molecule has 1 N–H and O–H groups in total. The third-order valence-corrected chi connectivity index (χ3v) is 4.93. The van der Waals surface area contributed by atoms with Gasteiger partial charge in [-0.15, -0.1) is 0 Å². The maximum atomic E-state index is 13.1. The predicted molar refractivity (Wildman–Crippen MR) is 93.1 cm³/mol. The van der Waals surface area contributed by atoms with Crippen molar-refractivity contribution in [3.05, 3.63) is 30.3 Å². The van der Waals surface area contributed by atoms with E-state index in [0.29, 0.717) is 19.7 Å². The van der Waals surface area contributed by atoms with E-state index in [2.05, 4.69) is 5.32 Å². The van der Waals surface area contributed by atoms with Gasteiger partial charge in [-0.1, -0.05) is 32.0 Å². The highest BCUT2D eigenvalue weighted by molar-refractivity contribution is 5.81. The Bertz CT molecular complexity index is 535. The highest BCUT2D eigenvalue weighted by atomic mass is 16.5. The minimum atomic E-state index is -0.454. The molecule has 2 fully saturated rings. The fourth-order valence-corrected chi connectivity index (χ4v) is 3.52. The van der Waals surface area contributed by atoms with Crippen molar-refractivity contribution < 1.29 is 14.3 Å². The number of nitrogens with zero attached hydrogens (tertiary/aromatic N) is 1. The summed E-state index contributed by atoms with van der Waals surface area (Å²) in [6.45, 7) is 7.91. The summed E-state index contributed by atoms with van der Waals surface area (Å²) in [4.78, 5) is 15.0. The molecule has 3 rings (SSSR count). The SMILES string of the molecule is CC(C)[C@H](Oc1ccccc1)C(=O)N1CCOC2(CCNCC2)C1. The van der Waals surface area contributed by atoms with Gasteiger partial charge in [0.15, 0.2) is 6.10 Å². The van der Waals surface area contributed by atoms with E-state index in [9.17, 15) is 4.79 Å². The molecule has 132 valence electrons. The van der Waals surface area contributed by atoms with Crippen LogP contribution in [0.1, 0.15) is 26.7 Å². The number of hydrogen-bond acceptors (Lipinski definition) is 4. The van der Waals surface area contributed by atoms with Gasteiger partial charge in [-0.3, -0.25) is 4.79 Å². The fraction of sp³-hybridized carbons (Fsp3) is 0.632. The van der Waals surface area contributed by atoms with Gasteiger partial charge in [-0.05, 0) is 44.0 Å². The molecular formula is C19H28N2O3. The van der Waals surface area contributed by atoms with Crippen molar-refractivity contribution in [3.8, 4) is 5.75 Å². The molecule has 1 aromatic rings. The summed E-state index contributed by atoms with van der Waals surface area (Å²) in [6, 6.07) is 9.60. The smallest absolute Gasteiger partial charge is 0.264 e. The quantitative estimate of drug-likeness (QED) is 0.917. The first-order valence-corrected chi connectivity index (χ1v) is 8.95. The van der Waals surface area contributed by atoms with Crippen LogP contribution < -0.4 is 10.1 Å². The van der Waals surface area contributed by atoms with Crippen molar-refractivity contribution in [3.63, 3.8) is 0 Å². The van der Waals surface area contributed by atoms with Crippen LogP contribution in [0.2, 0.25) is 0 Å². The molecule has 0 radical (unpaired) electrons. The van der Waals surface area contributed by atoms with Gasteiger partial charge in [0.25, 0.3) is 5.91 Å². The van der Waals surface area contributed by atoms with Gasteiger partial charge in [0, 0.05) is 13.1 Å². The lowest BCUT2D eigenvalue weighted by Gasteiger charge is -2.45. The molecule has 0 unspecified atom stereocenters. The molecule has 5 heteroatoms. The van der Waals surface area contributed by atoms with E-state index in [0.717, 1.165) is 31.7 Å². The van der Waals surface area contributed by atoms with Crippen LogP contribution in [-0.4, -0.2) is 55.3 Å². The predicted octanol–water partition coefficient (Wildman–Crippen LogP) is 2.07. The molecule has 2 aliphatic heterocycles. The number of para-hydroxylation sites is 1. The zero-order valence-corrected chi connectivity index (χ0v) is 14.7. The number of carbonyl (C=O) groups is 1. The summed E-state index contributed by atoms with van der Waals surface area (Å²) in [7, 11) is 0. The summed E-state index contributed by atoms with van der Waals surface area (Å²) < 4.78 is 12.1. The zero-order valence-electron chi connectivity index (χ0n) is 14.7. The Morgan fingerprint density at radius 3 is 2.62 bits per heavy atom. The molecule has 0 saturated carbocycles. The molecule has 2 saturated heterocycles. The lowest BCUT2D eigenvalue weighted by molar-refractivity contribution is -0.162. The number of piperidine rings is 1. The van der Waals surface area contributed by atoms with Crippen LogP contribution in [0, 0.1) is 5.92 Å². The number of amides is 1. The molecule has 24 heavy (non-hydrogen) atoms. The van der Waals surface area contributed by atoms with Crippen molar-refractivity contribution in [2.45, 2.75) is 38.4 Å². The summed E-state index contributed by atoms with van der Waals surface area (Å²) in [5.41, 5.74) is -0.173. The monoisotopic (exact) mass is 332 g/mol. The van der Waals surface area contributed by atoms with E-state index < -0.39 is 6.10 Å². The first-order chi connectivity index (χ1) is 11.6. The van der Waals surface area contributed by atoms with Gasteiger partial charge < -0.3 is 19.7 Å². The summed E-state index contributed by atoms with van der Waals surface area (Å²) in [6.07, 6.45) is 1.47. The Morgan fingerprint density at radius 1 is 1.25 bits per heavy atom. The first-order valence-electron chi connectivity index (χ1n) is 8.95. The third kappa shape index (κ3) is 3.90. The normalized spacial score (nSPS) is 21.7. The minimum Gasteiger partial charge on any atom is -0.480 e. The average Bonchev–Trinajstić information content (AvgIpc) is 2.60. The van der Waals surface area contributed by atoms with Crippen molar-refractivity contribution in [1.82, 2.24) is 10.2 Å². The van der Waals surface area contributed by atoms with Gasteiger partial charge in [0.1, 0.15) is 5.75 Å². The van der Waals surface area contributed by atoms with Crippen LogP contribution in [0.5, 0.6) is 5.75 Å². The number of carbonyl (C=O) groups excluding carboxylic acids is 1. The van der Waals surface area contributed by atoms with Gasteiger partial charge in [-0.25, -0.2) is 0 Å². The van der Waals surface area contributed by atoms with Crippen molar-refractivity contribution in [2.24, 2.45) is 5.92 Å². The lowest BCUT2D eigenvalue weighted by Crippen LogP contribution is -2.59. The van der Waals surface area contributed by atoms with E-state index >= 15 is 0 Å². The van der Waals surface area contributed by atoms with Gasteiger partial charge in [0.2, 0.25) is 0 Å². The number of rotatable bonds is 4. The summed E-state index contributed by atoms with van der Waals surface area (Å²) in [5, 5.41) is 3.37. The second-order valence-corrected chi connectivity index (χ2v) is 7.14. The van der Waals surface area contributed by atoms with Crippen LogP contribution in [0.15, 0.2) is 30.3 Å². The molecular weight excluding hydrogens is 304 g/mol. The fourth-order valence-electron chi connectivity index (χ4n) is 3.52. The zero-order chi connectivity index (χ0) is 17.0. The van der Waals surface area contributed by atoms with Crippen molar-refractivity contribution in [1.29, 1.82) is 0 Å². The van der Waals surface area contributed by atoms with Crippen LogP contribution in [0.3, 0.4) is 0 Å². The molecule has 1 amide bonds. The molecule has 1 atom stereocenters. The van der Waals surface area contributed by atoms with Gasteiger partial charge in [-0.2, -0.15) is 0 Å². The highest BCUT2D eigenvalue weighted by Gasteiger charge is 2.41. The molecule has 1 spiro atoms. The molecule has 0 aliphatic carbocycles. The average molecular weight is 332 g/mol. The third-order valence-electron chi connectivity index (χ3n) is 4.93. The number of hydrogen-bond donors (Lipinski definition) is 1. The largest absolute Gasteiger partial charge is 0.480 e. The molecule has 5 nitrogen and oxygen atoms in total. The summed E-state index contributed by atoms with van der Waals surface area (Å²) >= 11 is 0. The molecule has 1 aromatic carbocycles. The number of nitrogens with one attached hydrogen (secondary N) is 1. The number of benzene rings is 1. The highest BCUT2D eigenvalue weighted by Crippen LogP contribution is 2.28. The van der Waals surface area contributed by atoms with Crippen molar-refractivity contribution >= 4 is 5.91 Å². The molecule has 2 heterocycles. The molecule has 0 bridgehead atoms. The van der Waals surface area contributed by atoms with Gasteiger partial charge >= 0.3 is 0 Å². The second kappa shape index (κ2) is 7.53. The second-order valence-electron chi connectivity index (χ2n) is 7.14. The Hall–Kier alpha value is -1.59. The van der Waals surface area contributed by atoms with E-state index in [1.54, 1.807) is 0 Å². The van der Waals surface area contributed by atoms with Crippen molar-refractivity contribution in [2.75, 3.05) is 32.8 Å². The van der Waals surface area contributed by atoms with Crippen LogP contribution in [0.25, 0.3) is 0 Å². The topological polar surface area (TPSA) is 50.8 Å². The van der Waals surface area contributed by atoms with E-state index in [-0.39, 0.29) is 17.4 Å². The Kier molecular flexibility index (Phi) is 5.41. The maximum Gasteiger partial charge on any atom is 0.264 e. The van der Waals surface area contributed by atoms with Crippen LogP contribution in [0.4, 0.5) is 0 Å². The van der Waals surface area contributed by atoms with Crippen LogP contribution in [-0.2, 0) is 9.53 Å². The Morgan fingerprint density at radius 2 is 1.96 bits per heavy atom. The molecule has 0 aromatic heterocycles. The van der Waals surface area contributed by atoms with Gasteiger partial charge in [0.05, 0.1) is 12.2 Å². The maximum absolute atomic E-state index is 13.1. The first kappa shape index (κ1) is 17.2. The standard InChI is InChI=1S/C19H28N2O3/c1-15(2)17(24-16-6-4-3-5-7-16)18(22)21-12-13-23-19(14-21)8-10-20-11-9-19/h3-7,15,17,20H,8-14H2,1-2H3/t17-/m0/s1. The van der Waals surface area contributed by atoms with E-state index in [1.807, 2.05) is 49.1 Å².